The molecule has 1 saturated heterocycles. The summed E-state index contributed by atoms with van der Waals surface area (Å²) in [7, 11) is 4.32. The molecule has 1 fully saturated rings. The van der Waals surface area contributed by atoms with Crippen molar-refractivity contribution in [2.45, 2.75) is 45.2 Å². The standard InChI is InChI=1S/C17H31N3O/c1-5-15(18)17(16-7-6-13(2)21-16)20-10-8-14(9-11-20)12-19(3)4/h6-7,14-15,17H,5,8-12,18H2,1-4H3. The highest BCUT2D eigenvalue weighted by Gasteiger charge is 2.31. The van der Waals surface area contributed by atoms with Gasteiger partial charge in [-0.1, -0.05) is 6.92 Å². The summed E-state index contributed by atoms with van der Waals surface area (Å²) in [6.07, 6.45) is 3.48. The van der Waals surface area contributed by atoms with Crippen molar-refractivity contribution in [3.63, 3.8) is 0 Å². The monoisotopic (exact) mass is 293 g/mol. The molecule has 2 rings (SSSR count). The second kappa shape index (κ2) is 7.43. The topological polar surface area (TPSA) is 45.6 Å². The molecule has 2 heterocycles. The second-order valence-electron chi connectivity index (χ2n) is 6.71. The minimum absolute atomic E-state index is 0.140. The third kappa shape index (κ3) is 4.31. The van der Waals surface area contributed by atoms with E-state index in [1.165, 1.54) is 19.4 Å². The van der Waals surface area contributed by atoms with Crippen LogP contribution in [0.1, 0.15) is 43.7 Å². The van der Waals surface area contributed by atoms with E-state index in [0.29, 0.717) is 0 Å². The maximum Gasteiger partial charge on any atom is 0.122 e. The van der Waals surface area contributed by atoms with E-state index in [9.17, 15) is 0 Å². The maximum absolute atomic E-state index is 6.39. The van der Waals surface area contributed by atoms with Crippen LogP contribution < -0.4 is 5.73 Å². The summed E-state index contributed by atoms with van der Waals surface area (Å²) in [5.74, 6) is 2.82. The number of likely N-dealkylation sites (tertiary alicyclic amines) is 1. The normalized spacial score (nSPS) is 20.9. The molecule has 2 atom stereocenters. The number of furan rings is 1. The molecule has 0 radical (unpaired) electrons. The molecule has 0 amide bonds. The van der Waals surface area contributed by atoms with Crippen LogP contribution in [0.15, 0.2) is 16.5 Å². The van der Waals surface area contributed by atoms with E-state index in [-0.39, 0.29) is 12.1 Å². The van der Waals surface area contributed by atoms with Gasteiger partial charge in [0.05, 0.1) is 6.04 Å². The van der Waals surface area contributed by atoms with E-state index in [2.05, 4.69) is 36.9 Å². The van der Waals surface area contributed by atoms with Crippen molar-refractivity contribution in [3.05, 3.63) is 23.7 Å². The van der Waals surface area contributed by atoms with Gasteiger partial charge in [-0.3, -0.25) is 4.90 Å². The molecular weight excluding hydrogens is 262 g/mol. The van der Waals surface area contributed by atoms with E-state index >= 15 is 0 Å². The first-order valence-corrected chi connectivity index (χ1v) is 8.22. The summed E-state index contributed by atoms with van der Waals surface area (Å²) >= 11 is 0. The van der Waals surface area contributed by atoms with Gasteiger partial charge in [-0.25, -0.2) is 0 Å². The Hall–Kier alpha value is -0.840. The lowest BCUT2D eigenvalue weighted by atomic mass is 9.93. The summed E-state index contributed by atoms with van der Waals surface area (Å²) in [4.78, 5) is 4.82. The summed E-state index contributed by atoms with van der Waals surface area (Å²) in [5.41, 5.74) is 6.39. The minimum atomic E-state index is 0.140. The van der Waals surface area contributed by atoms with E-state index in [4.69, 9.17) is 10.2 Å². The van der Waals surface area contributed by atoms with Gasteiger partial charge in [0.2, 0.25) is 0 Å². The van der Waals surface area contributed by atoms with Gasteiger partial charge in [-0.15, -0.1) is 0 Å². The van der Waals surface area contributed by atoms with Crippen molar-refractivity contribution >= 4 is 0 Å². The Morgan fingerprint density at radius 3 is 2.48 bits per heavy atom. The lowest BCUT2D eigenvalue weighted by molar-refractivity contribution is 0.0914. The molecule has 1 aliphatic heterocycles. The van der Waals surface area contributed by atoms with Crippen molar-refractivity contribution in [1.29, 1.82) is 0 Å². The molecule has 1 aromatic heterocycles. The highest BCUT2D eigenvalue weighted by Crippen LogP contribution is 2.31. The van der Waals surface area contributed by atoms with Gasteiger partial charge in [0, 0.05) is 12.6 Å². The predicted octanol–water partition coefficient (Wildman–Crippen LogP) is 2.64. The van der Waals surface area contributed by atoms with Crippen LogP contribution in [-0.2, 0) is 0 Å². The number of aryl methyl sites for hydroxylation is 1. The van der Waals surface area contributed by atoms with Gasteiger partial charge >= 0.3 is 0 Å². The van der Waals surface area contributed by atoms with Crippen LogP contribution in [-0.4, -0.2) is 49.6 Å². The van der Waals surface area contributed by atoms with Gasteiger partial charge in [-0.05, 0) is 71.4 Å². The van der Waals surface area contributed by atoms with Crippen LogP contribution in [0.25, 0.3) is 0 Å². The molecule has 1 aromatic rings. The lowest BCUT2D eigenvalue weighted by Crippen LogP contribution is -2.45. The zero-order valence-electron chi connectivity index (χ0n) is 14.0. The van der Waals surface area contributed by atoms with E-state index < -0.39 is 0 Å². The number of piperidine rings is 1. The molecule has 0 aromatic carbocycles. The molecule has 0 saturated carbocycles. The van der Waals surface area contributed by atoms with Crippen molar-refractivity contribution in [2.75, 3.05) is 33.7 Å². The van der Waals surface area contributed by atoms with Crippen molar-refractivity contribution < 1.29 is 4.42 Å². The predicted molar refractivity (Wildman–Crippen MR) is 87.3 cm³/mol. The molecule has 4 heteroatoms. The largest absolute Gasteiger partial charge is 0.465 e. The zero-order chi connectivity index (χ0) is 15.4. The summed E-state index contributed by atoms with van der Waals surface area (Å²) in [5, 5.41) is 0. The second-order valence-corrected chi connectivity index (χ2v) is 6.71. The van der Waals surface area contributed by atoms with Gasteiger partial charge in [0.1, 0.15) is 11.5 Å². The number of nitrogens with two attached hydrogens (primary N) is 1. The lowest BCUT2D eigenvalue weighted by Gasteiger charge is -2.39. The van der Waals surface area contributed by atoms with Gasteiger partial charge in [-0.2, -0.15) is 0 Å². The maximum atomic E-state index is 6.39. The first-order valence-electron chi connectivity index (χ1n) is 8.22. The Bertz CT molecular complexity index is 421. The molecule has 2 unspecified atom stereocenters. The third-order valence-corrected chi connectivity index (χ3v) is 4.60. The van der Waals surface area contributed by atoms with Crippen LogP contribution in [0.3, 0.4) is 0 Å². The minimum Gasteiger partial charge on any atom is -0.465 e. The fourth-order valence-electron chi connectivity index (χ4n) is 3.43. The van der Waals surface area contributed by atoms with E-state index in [0.717, 1.165) is 36.9 Å². The Kier molecular flexibility index (Phi) is 5.85. The van der Waals surface area contributed by atoms with Crippen LogP contribution in [0.5, 0.6) is 0 Å². The molecular formula is C17H31N3O. The number of hydrogen-bond acceptors (Lipinski definition) is 4. The number of rotatable bonds is 6. The molecule has 21 heavy (non-hydrogen) atoms. The molecule has 0 aliphatic carbocycles. The Morgan fingerprint density at radius 1 is 1.33 bits per heavy atom. The number of nitrogens with zero attached hydrogens (tertiary/aromatic N) is 2. The molecule has 120 valence electrons. The summed E-state index contributed by atoms with van der Waals surface area (Å²) in [6, 6.07) is 4.51. The Labute approximate surface area is 129 Å². The highest BCUT2D eigenvalue weighted by atomic mass is 16.3. The first kappa shape index (κ1) is 16.5. The SMILES string of the molecule is CCC(N)C(c1ccc(C)o1)N1CCC(CN(C)C)CC1. The summed E-state index contributed by atoms with van der Waals surface area (Å²) in [6.45, 7) is 7.60. The van der Waals surface area contributed by atoms with Crippen LogP contribution in [0.4, 0.5) is 0 Å². The van der Waals surface area contributed by atoms with Crippen LogP contribution in [0.2, 0.25) is 0 Å². The van der Waals surface area contributed by atoms with Crippen molar-refractivity contribution in [3.8, 4) is 0 Å². The molecule has 0 bridgehead atoms. The fourth-order valence-corrected chi connectivity index (χ4v) is 3.43. The van der Waals surface area contributed by atoms with Crippen LogP contribution in [0, 0.1) is 12.8 Å². The Morgan fingerprint density at radius 2 is 2.00 bits per heavy atom. The average molecular weight is 293 g/mol. The molecule has 4 nitrogen and oxygen atoms in total. The smallest absolute Gasteiger partial charge is 0.122 e. The van der Waals surface area contributed by atoms with E-state index in [1.54, 1.807) is 0 Å². The highest BCUT2D eigenvalue weighted by molar-refractivity contribution is 5.12. The van der Waals surface area contributed by atoms with Crippen LogP contribution >= 0.6 is 0 Å². The molecule has 1 aliphatic rings. The van der Waals surface area contributed by atoms with E-state index in [1.807, 2.05) is 13.0 Å². The number of hydrogen-bond donors (Lipinski definition) is 1. The molecule has 0 spiro atoms. The zero-order valence-corrected chi connectivity index (χ0v) is 14.0. The van der Waals surface area contributed by atoms with Crippen molar-refractivity contribution in [1.82, 2.24) is 9.80 Å². The van der Waals surface area contributed by atoms with Gasteiger partial charge in [0.15, 0.2) is 0 Å². The quantitative estimate of drug-likeness (QED) is 0.876. The third-order valence-electron chi connectivity index (χ3n) is 4.60. The first-order chi connectivity index (χ1) is 10.0. The average Bonchev–Trinajstić information content (AvgIpc) is 2.86. The Balaban J connectivity index is 2.02. The van der Waals surface area contributed by atoms with Gasteiger partial charge in [0.25, 0.3) is 0 Å². The fraction of sp³-hybridized carbons (Fsp3) is 0.765. The van der Waals surface area contributed by atoms with Crippen molar-refractivity contribution in [2.24, 2.45) is 11.7 Å². The summed E-state index contributed by atoms with van der Waals surface area (Å²) < 4.78 is 5.88. The van der Waals surface area contributed by atoms with Gasteiger partial charge < -0.3 is 15.1 Å². The molecule has 2 N–H and O–H groups in total.